The monoisotopic (exact) mass is 278 g/mol. The number of rotatable bonds is 2. The van der Waals surface area contributed by atoms with Crippen LogP contribution in [0.1, 0.15) is 25.6 Å². The van der Waals surface area contributed by atoms with Gasteiger partial charge in [0.1, 0.15) is 15.7 Å². The van der Waals surface area contributed by atoms with E-state index >= 15 is 0 Å². The second-order valence-corrected chi connectivity index (χ2v) is 6.01. The summed E-state index contributed by atoms with van der Waals surface area (Å²) in [6.45, 7) is 5.37. The largest absolute Gasteiger partial charge is 0.456 e. The lowest BCUT2D eigenvalue weighted by molar-refractivity contribution is -0.147. The number of halogens is 2. The van der Waals surface area contributed by atoms with Gasteiger partial charge in [0.15, 0.2) is 0 Å². The number of carbonyl (C=O) groups is 1. The van der Waals surface area contributed by atoms with Crippen molar-refractivity contribution >= 4 is 46.1 Å². The summed E-state index contributed by atoms with van der Waals surface area (Å²) in [5, 5.41) is 1.84. The average molecular weight is 279 g/mol. The summed E-state index contributed by atoms with van der Waals surface area (Å²) >= 11 is 12.8. The summed E-state index contributed by atoms with van der Waals surface area (Å²) in [7, 11) is 0. The van der Waals surface area contributed by atoms with E-state index in [1.165, 1.54) is 11.3 Å². The Balaban J connectivity index is 2.99. The van der Waals surface area contributed by atoms with Gasteiger partial charge >= 0.3 is 5.97 Å². The molecule has 0 amide bonds. The Kier molecular flexibility index (Phi) is 4.42. The Labute approximate surface area is 109 Å². The van der Waals surface area contributed by atoms with Gasteiger partial charge < -0.3 is 4.74 Å². The van der Waals surface area contributed by atoms with Crippen molar-refractivity contribution in [2.24, 2.45) is 0 Å². The molecule has 1 heterocycles. The van der Waals surface area contributed by atoms with E-state index in [1.807, 2.05) is 11.4 Å². The molecule has 0 aliphatic heterocycles. The van der Waals surface area contributed by atoms with Crippen LogP contribution in [0.25, 0.3) is 5.57 Å². The fraction of sp³-hybridized carbons (Fsp3) is 0.364. The molecule has 0 bridgehead atoms. The van der Waals surface area contributed by atoms with Gasteiger partial charge in [-0.15, -0.1) is 11.3 Å². The lowest BCUT2D eigenvalue weighted by atomic mass is 10.2. The maximum atomic E-state index is 11.9. The van der Waals surface area contributed by atoms with Gasteiger partial charge in [-0.05, 0) is 32.2 Å². The van der Waals surface area contributed by atoms with E-state index in [4.69, 9.17) is 27.9 Å². The van der Waals surface area contributed by atoms with E-state index < -0.39 is 11.6 Å². The van der Waals surface area contributed by atoms with Crippen LogP contribution in [0.5, 0.6) is 0 Å². The van der Waals surface area contributed by atoms with Crippen molar-refractivity contribution in [2.75, 3.05) is 0 Å². The SMILES string of the molecule is CC(C)(C)OC(=O)C(=C(Cl)Cl)c1cccs1. The first-order chi connectivity index (χ1) is 7.31. The summed E-state index contributed by atoms with van der Waals surface area (Å²) in [5.41, 5.74) is -0.351. The number of hydrogen-bond acceptors (Lipinski definition) is 3. The molecule has 2 nitrogen and oxygen atoms in total. The summed E-state index contributed by atoms with van der Waals surface area (Å²) in [6.07, 6.45) is 0. The van der Waals surface area contributed by atoms with E-state index in [0.717, 1.165) is 0 Å². The highest BCUT2D eigenvalue weighted by atomic mass is 35.5. The summed E-state index contributed by atoms with van der Waals surface area (Å²) in [4.78, 5) is 12.6. The van der Waals surface area contributed by atoms with E-state index in [-0.39, 0.29) is 10.1 Å². The van der Waals surface area contributed by atoms with Gasteiger partial charge in [0.25, 0.3) is 0 Å². The molecule has 1 aromatic rings. The minimum Gasteiger partial charge on any atom is -0.456 e. The molecule has 88 valence electrons. The van der Waals surface area contributed by atoms with E-state index in [0.29, 0.717) is 4.88 Å². The Hall–Kier alpha value is -0.510. The van der Waals surface area contributed by atoms with Gasteiger partial charge in [-0.2, -0.15) is 0 Å². The molecule has 0 atom stereocenters. The average Bonchev–Trinajstić information content (AvgIpc) is 2.52. The van der Waals surface area contributed by atoms with Crippen LogP contribution in [0.15, 0.2) is 22.0 Å². The molecule has 0 fully saturated rings. The molecular weight excluding hydrogens is 267 g/mol. The van der Waals surface area contributed by atoms with Gasteiger partial charge in [0, 0.05) is 4.88 Å². The molecule has 1 aromatic heterocycles. The van der Waals surface area contributed by atoms with Crippen molar-refractivity contribution in [3.63, 3.8) is 0 Å². The summed E-state index contributed by atoms with van der Waals surface area (Å²) in [6, 6.07) is 3.59. The smallest absolute Gasteiger partial charge is 0.342 e. The molecule has 0 saturated heterocycles. The molecular formula is C11H12Cl2O2S. The topological polar surface area (TPSA) is 26.3 Å². The molecule has 0 spiro atoms. The quantitative estimate of drug-likeness (QED) is 0.598. The van der Waals surface area contributed by atoms with Crippen molar-refractivity contribution in [3.05, 3.63) is 26.9 Å². The zero-order valence-electron chi connectivity index (χ0n) is 9.21. The molecule has 0 N–H and O–H groups in total. The van der Waals surface area contributed by atoms with Crippen molar-refractivity contribution < 1.29 is 9.53 Å². The second-order valence-electron chi connectivity index (χ2n) is 4.11. The lowest BCUT2D eigenvalue weighted by Crippen LogP contribution is -2.24. The van der Waals surface area contributed by atoms with Crippen LogP contribution in [0.4, 0.5) is 0 Å². The first-order valence-electron chi connectivity index (χ1n) is 4.64. The minimum atomic E-state index is -0.567. The Morgan fingerprint density at radius 2 is 2.00 bits per heavy atom. The highest BCUT2D eigenvalue weighted by molar-refractivity contribution is 7.11. The molecule has 0 unspecified atom stereocenters. The third-order valence-corrected chi connectivity index (χ3v) is 2.82. The van der Waals surface area contributed by atoms with E-state index in [1.54, 1.807) is 26.8 Å². The van der Waals surface area contributed by atoms with Crippen LogP contribution in [0.3, 0.4) is 0 Å². The molecule has 1 rings (SSSR count). The van der Waals surface area contributed by atoms with Gasteiger partial charge in [0.2, 0.25) is 0 Å². The fourth-order valence-electron chi connectivity index (χ4n) is 1.02. The predicted molar refractivity (Wildman–Crippen MR) is 68.8 cm³/mol. The predicted octanol–water partition coefficient (Wildman–Crippen LogP) is 4.24. The number of ether oxygens (including phenoxy) is 1. The standard InChI is InChI=1S/C11H12Cl2O2S/c1-11(2,3)15-10(14)8(9(12)13)7-5-4-6-16-7/h4-6H,1-3H3. The second kappa shape index (κ2) is 5.21. The Morgan fingerprint density at radius 3 is 2.38 bits per heavy atom. The van der Waals surface area contributed by atoms with Gasteiger partial charge in [-0.25, -0.2) is 4.79 Å². The van der Waals surface area contributed by atoms with Crippen LogP contribution < -0.4 is 0 Å². The summed E-state index contributed by atoms with van der Waals surface area (Å²) < 4.78 is 5.15. The Bertz CT molecular complexity index is 398. The van der Waals surface area contributed by atoms with E-state index in [9.17, 15) is 4.79 Å². The van der Waals surface area contributed by atoms with Crippen LogP contribution in [0.2, 0.25) is 0 Å². The van der Waals surface area contributed by atoms with Crippen molar-refractivity contribution in [3.8, 4) is 0 Å². The molecule has 5 heteroatoms. The molecule has 16 heavy (non-hydrogen) atoms. The fourth-order valence-corrected chi connectivity index (χ4v) is 2.25. The third kappa shape index (κ3) is 3.81. The maximum absolute atomic E-state index is 11.9. The van der Waals surface area contributed by atoms with E-state index in [2.05, 4.69) is 0 Å². The number of esters is 1. The van der Waals surface area contributed by atoms with Crippen LogP contribution >= 0.6 is 34.5 Å². The lowest BCUT2D eigenvalue weighted by Gasteiger charge is -2.20. The number of hydrogen-bond donors (Lipinski definition) is 0. The third-order valence-electron chi connectivity index (χ3n) is 1.56. The maximum Gasteiger partial charge on any atom is 0.342 e. The van der Waals surface area contributed by atoms with Gasteiger partial charge in [0.05, 0.1) is 0 Å². The highest BCUT2D eigenvalue weighted by Gasteiger charge is 2.23. The molecule has 0 aliphatic rings. The molecule has 0 radical (unpaired) electrons. The number of carbonyl (C=O) groups excluding carboxylic acids is 1. The summed E-state index contributed by atoms with van der Waals surface area (Å²) in [5.74, 6) is -0.505. The normalized spacial score (nSPS) is 11.1. The highest BCUT2D eigenvalue weighted by Crippen LogP contribution is 2.30. The van der Waals surface area contributed by atoms with Crippen LogP contribution in [-0.4, -0.2) is 11.6 Å². The minimum absolute atomic E-state index is 0.0725. The first kappa shape index (κ1) is 13.6. The van der Waals surface area contributed by atoms with Crippen molar-refractivity contribution in [2.45, 2.75) is 26.4 Å². The first-order valence-corrected chi connectivity index (χ1v) is 6.27. The van der Waals surface area contributed by atoms with Crippen molar-refractivity contribution in [1.29, 1.82) is 0 Å². The molecule has 0 aromatic carbocycles. The zero-order valence-corrected chi connectivity index (χ0v) is 11.5. The van der Waals surface area contributed by atoms with Crippen LogP contribution in [-0.2, 0) is 9.53 Å². The molecule has 0 aliphatic carbocycles. The van der Waals surface area contributed by atoms with Gasteiger partial charge in [-0.1, -0.05) is 29.3 Å². The molecule has 0 saturated carbocycles. The zero-order chi connectivity index (χ0) is 12.3. The Morgan fingerprint density at radius 1 is 1.38 bits per heavy atom. The van der Waals surface area contributed by atoms with Crippen LogP contribution in [0, 0.1) is 0 Å². The van der Waals surface area contributed by atoms with Gasteiger partial charge in [-0.3, -0.25) is 0 Å². The number of thiophene rings is 1. The van der Waals surface area contributed by atoms with Crippen molar-refractivity contribution in [1.82, 2.24) is 0 Å².